The summed E-state index contributed by atoms with van der Waals surface area (Å²) in [5.41, 5.74) is 4.54. The molecule has 10 heteroatoms. The number of anilines is 2. The fourth-order valence-electron chi connectivity index (χ4n) is 5.66. The van der Waals surface area contributed by atoms with E-state index in [1.165, 1.54) is 18.3 Å². The lowest BCUT2D eigenvalue weighted by molar-refractivity contribution is 0.0662. The van der Waals surface area contributed by atoms with Crippen molar-refractivity contribution >= 4 is 28.6 Å². The monoisotopic (exact) mass is 566 g/mol. The lowest BCUT2D eigenvalue weighted by Crippen LogP contribution is -2.50. The van der Waals surface area contributed by atoms with Gasteiger partial charge in [-0.05, 0) is 73.2 Å². The van der Waals surface area contributed by atoms with Crippen molar-refractivity contribution in [2.24, 2.45) is 5.92 Å². The van der Waals surface area contributed by atoms with Gasteiger partial charge >= 0.3 is 0 Å². The maximum atomic E-state index is 13.8. The summed E-state index contributed by atoms with van der Waals surface area (Å²) in [5.74, 6) is 0.198. The van der Waals surface area contributed by atoms with Gasteiger partial charge in [-0.15, -0.1) is 0 Å². The maximum absolute atomic E-state index is 13.8. The number of piperazine rings is 1. The average Bonchev–Trinajstić information content (AvgIpc) is 3.45. The van der Waals surface area contributed by atoms with Gasteiger partial charge in [0.15, 0.2) is 0 Å². The molecule has 5 rings (SSSR count). The van der Waals surface area contributed by atoms with E-state index in [1.807, 2.05) is 10.9 Å². The molecule has 0 radical (unpaired) electrons. The van der Waals surface area contributed by atoms with Crippen molar-refractivity contribution in [3.8, 4) is 0 Å². The molecular formula is C30H39FN6O2S. The van der Waals surface area contributed by atoms with E-state index in [9.17, 15) is 8.60 Å². The van der Waals surface area contributed by atoms with Crippen LogP contribution in [0.2, 0.25) is 0 Å². The lowest BCUT2D eigenvalue weighted by atomic mass is 9.94. The van der Waals surface area contributed by atoms with Crippen LogP contribution < -0.4 is 5.32 Å². The Bertz CT molecular complexity index is 1340. The van der Waals surface area contributed by atoms with Crippen molar-refractivity contribution in [1.82, 2.24) is 19.0 Å². The molecule has 2 saturated heterocycles. The third-order valence-electron chi connectivity index (χ3n) is 7.71. The highest BCUT2D eigenvalue weighted by atomic mass is 32.2. The van der Waals surface area contributed by atoms with E-state index in [1.54, 1.807) is 18.3 Å². The molecule has 2 aromatic carbocycles. The number of hydrogen-bond acceptors (Lipinski definition) is 6. The summed E-state index contributed by atoms with van der Waals surface area (Å²) < 4.78 is 36.7. The van der Waals surface area contributed by atoms with E-state index in [0.717, 1.165) is 72.1 Å². The summed E-state index contributed by atoms with van der Waals surface area (Å²) >= 11 is 0. The summed E-state index contributed by atoms with van der Waals surface area (Å²) in [6.07, 6.45) is 6.88. The van der Waals surface area contributed by atoms with Gasteiger partial charge in [-0.25, -0.2) is 12.9 Å². The lowest BCUT2D eigenvalue weighted by Gasteiger charge is -2.42. The fraction of sp³-hybridized carbons (Fsp3) is 0.467. The smallest absolute Gasteiger partial charge is 0.130 e. The van der Waals surface area contributed by atoms with Crippen molar-refractivity contribution in [3.63, 3.8) is 0 Å². The Balaban J connectivity index is 1.39. The van der Waals surface area contributed by atoms with Crippen LogP contribution in [0.25, 0.3) is 0 Å². The molecule has 1 aromatic heterocycles. The van der Waals surface area contributed by atoms with Gasteiger partial charge in [0, 0.05) is 74.8 Å². The van der Waals surface area contributed by atoms with Crippen molar-refractivity contribution in [2.75, 3.05) is 44.7 Å². The predicted octanol–water partition coefficient (Wildman–Crippen LogP) is 5.46. The van der Waals surface area contributed by atoms with Crippen molar-refractivity contribution in [2.45, 2.75) is 50.6 Å². The summed E-state index contributed by atoms with van der Waals surface area (Å²) in [6.45, 7) is 11.1. The molecule has 0 aliphatic carbocycles. The summed E-state index contributed by atoms with van der Waals surface area (Å²) in [6, 6.07) is 10.7. The number of benzene rings is 2. The standard InChI is InChI=1S/C30H39FN6O2S/c1-21(2)18-35-10-11-36(40(38)27-17-33-37(19-27)26-8-12-39-13-9-26)20-30(35)28-15-23(16-32)29(14-22(28)3)34-25-6-4-24(31)5-7-25/h4-7,14-17,19,21,26,30,32,34H,8-13,18,20H2,1-3H3. The van der Waals surface area contributed by atoms with Gasteiger partial charge in [0.25, 0.3) is 0 Å². The molecule has 3 aromatic rings. The Hall–Kier alpha value is -2.92. The molecule has 0 spiro atoms. The van der Waals surface area contributed by atoms with Crippen molar-refractivity contribution in [1.29, 1.82) is 5.41 Å². The van der Waals surface area contributed by atoms with E-state index in [4.69, 9.17) is 10.1 Å². The molecule has 3 heterocycles. The molecule has 214 valence electrons. The van der Waals surface area contributed by atoms with Crippen LogP contribution in [0.15, 0.2) is 53.7 Å². The molecule has 2 N–H and O–H groups in total. The minimum atomic E-state index is -1.32. The van der Waals surface area contributed by atoms with Crippen LogP contribution >= 0.6 is 0 Å². The van der Waals surface area contributed by atoms with Gasteiger partial charge < -0.3 is 15.5 Å². The first-order valence-corrected chi connectivity index (χ1v) is 15.1. The fourth-order valence-corrected chi connectivity index (χ4v) is 6.81. The van der Waals surface area contributed by atoms with E-state index >= 15 is 0 Å². The molecule has 2 fully saturated rings. The first-order chi connectivity index (χ1) is 19.3. The number of aromatic nitrogens is 2. The van der Waals surface area contributed by atoms with Crippen molar-refractivity contribution in [3.05, 3.63) is 71.3 Å². The van der Waals surface area contributed by atoms with Gasteiger partial charge in [-0.1, -0.05) is 13.8 Å². The largest absolute Gasteiger partial charge is 0.381 e. The first-order valence-electron chi connectivity index (χ1n) is 14.0. The molecule has 2 unspecified atom stereocenters. The van der Waals surface area contributed by atoms with Crippen molar-refractivity contribution < 1.29 is 13.3 Å². The number of halogens is 1. The minimum absolute atomic E-state index is 0.0317. The second-order valence-electron chi connectivity index (χ2n) is 11.1. The highest BCUT2D eigenvalue weighted by Gasteiger charge is 2.33. The molecule has 0 saturated carbocycles. The highest BCUT2D eigenvalue weighted by molar-refractivity contribution is 7.82. The number of rotatable bonds is 9. The van der Waals surface area contributed by atoms with Gasteiger partial charge in [0.05, 0.1) is 17.1 Å². The zero-order valence-electron chi connectivity index (χ0n) is 23.5. The van der Waals surface area contributed by atoms with Crippen LogP contribution in [0.1, 0.15) is 55.5 Å². The molecule has 8 nitrogen and oxygen atoms in total. The normalized spacial score (nSPS) is 20.1. The van der Waals surface area contributed by atoms with Crippen LogP contribution in [0, 0.1) is 24.1 Å². The third kappa shape index (κ3) is 6.52. The van der Waals surface area contributed by atoms with Crippen LogP contribution in [0.5, 0.6) is 0 Å². The molecule has 40 heavy (non-hydrogen) atoms. The molecule has 2 aliphatic rings. The first kappa shape index (κ1) is 28.6. The van der Waals surface area contributed by atoms with E-state index in [2.05, 4.69) is 52.5 Å². The van der Waals surface area contributed by atoms with Crippen LogP contribution in [0.3, 0.4) is 0 Å². The summed E-state index contributed by atoms with van der Waals surface area (Å²) in [5, 5.41) is 16.0. The Labute approximate surface area is 238 Å². The van der Waals surface area contributed by atoms with Gasteiger partial charge in [-0.3, -0.25) is 9.58 Å². The molecule has 2 atom stereocenters. The number of aryl methyl sites for hydroxylation is 1. The minimum Gasteiger partial charge on any atom is -0.381 e. The number of nitrogens with zero attached hydrogens (tertiary/aromatic N) is 4. The Morgan fingerprint density at radius 2 is 1.95 bits per heavy atom. The van der Waals surface area contributed by atoms with Gasteiger partial charge in [0.1, 0.15) is 16.8 Å². The second-order valence-corrected chi connectivity index (χ2v) is 12.6. The summed E-state index contributed by atoms with van der Waals surface area (Å²) in [4.78, 5) is 3.21. The van der Waals surface area contributed by atoms with Gasteiger partial charge in [0.2, 0.25) is 0 Å². The Morgan fingerprint density at radius 3 is 2.65 bits per heavy atom. The average molecular weight is 567 g/mol. The van der Waals surface area contributed by atoms with E-state index in [-0.39, 0.29) is 11.9 Å². The zero-order valence-corrected chi connectivity index (χ0v) is 24.3. The van der Waals surface area contributed by atoms with E-state index in [0.29, 0.717) is 25.0 Å². The molecular weight excluding hydrogens is 527 g/mol. The number of nitrogens with one attached hydrogen (secondary N) is 2. The highest BCUT2D eigenvalue weighted by Crippen LogP contribution is 2.34. The van der Waals surface area contributed by atoms with Crippen LogP contribution in [-0.4, -0.2) is 68.8 Å². The van der Waals surface area contributed by atoms with Crippen LogP contribution in [-0.2, 0) is 15.7 Å². The van der Waals surface area contributed by atoms with Gasteiger partial charge in [-0.2, -0.15) is 5.10 Å². The quantitative estimate of drug-likeness (QED) is 0.336. The molecule has 2 aliphatic heterocycles. The molecule has 0 amide bonds. The molecule has 0 bridgehead atoms. The SMILES string of the molecule is Cc1cc(Nc2ccc(F)cc2)c(C=N)cc1C1CN(S(=O)c2cnn(C3CCOCC3)c2)CCN1CC(C)C. The van der Waals surface area contributed by atoms with Crippen LogP contribution in [0.4, 0.5) is 15.8 Å². The van der Waals surface area contributed by atoms with E-state index < -0.39 is 11.0 Å². The maximum Gasteiger partial charge on any atom is 0.130 e. The topological polar surface area (TPSA) is 86.5 Å². The Kier molecular flexibility index (Phi) is 9.10. The summed E-state index contributed by atoms with van der Waals surface area (Å²) in [7, 11) is -1.32. The second kappa shape index (κ2) is 12.7. The predicted molar refractivity (Wildman–Crippen MR) is 157 cm³/mol. The zero-order chi connectivity index (χ0) is 28.2. The third-order valence-corrected chi connectivity index (χ3v) is 9.12. The number of hydrogen-bond donors (Lipinski definition) is 2. The Morgan fingerprint density at radius 1 is 1.20 bits per heavy atom. The number of ether oxygens (including phenoxy) is 1.